The lowest BCUT2D eigenvalue weighted by Gasteiger charge is -2.34. The van der Waals surface area contributed by atoms with Crippen molar-refractivity contribution in [2.75, 3.05) is 32.8 Å². The van der Waals surface area contributed by atoms with Crippen molar-refractivity contribution in [3.05, 3.63) is 53.7 Å². The first kappa shape index (κ1) is 16.8. The molecule has 1 aromatic carbocycles. The molecule has 0 saturated carbocycles. The zero-order chi connectivity index (χ0) is 17.9. The SMILES string of the molecule is CC(=O)N1CCN(Cc2ccc(C3COc4cccnc4O3)cc2)CC1. The average molecular weight is 353 g/mol. The standard InChI is InChI=1S/C20H23N3O3/c1-15(24)23-11-9-22(10-12-23)13-16-4-6-17(7-5-16)19-14-25-18-3-2-8-21-20(18)26-19/h2-8,19H,9-14H2,1H3. The number of carbonyl (C=O) groups excluding carboxylic acids is 1. The molecule has 1 amide bonds. The largest absolute Gasteiger partial charge is 0.484 e. The molecule has 1 aromatic heterocycles. The molecule has 1 unspecified atom stereocenters. The lowest BCUT2D eigenvalue weighted by Crippen LogP contribution is -2.47. The lowest BCUT2D eigenvalue weighted by molar-refractivity contribution is -0.130. The van der Waals surface area contributed by atoms with Gasteiger partial charge in [-0.2, -0.15) is 0 Å². The van der Waals surface area contributed by atoms with Crippen LogP contribution in [0, 0.1) is 0 Å². The second-order valence-corrected chi connectivity index (χ2v) is 6.75. The third-order valence-electron chi connectivity index (χ3n) is 4.96. The van der Waals surface area contributed by atoms with Crippen LogP contribution >= 0.6 is 0 Å². The summed E-state index contributed by atoms with van der Waals surface area (Å²) in [6.07, 6.45) is 1.57. The molecule has 0 spiro atoms. The number of pyridine rings is 1. The zero-order valence-corrected chi connectivity index (χ0v) is 14.9. The van der Waals surface area contributed by atoms with Gasteiger partial charge in [-0.25, -0.2) is 4.98 Å². The van der Waals surface area contributed by atoms with E-state index >= 15 is 0 Å². The number of benzene rings is 1. The van der Waals surface area contributed by atoms with E-state index in [1.165, 1.54) is 5.56 Å². The van der Waals surface area contributed by atoms with Gasteiger partial charge >= 0.3 is 0 Å². The van der Waals surface area contributed by atoms with E-state index in [4.69, 9.17) is 9.47 Å². The molecule has 1 saturated heterocycles. The third-order valence-corrected chi connectivity index (χ3v) is 4.96. The number of amides is 1. The summed E-state index contributed by atoms with van der Waals surface area (Å²) in [4.78, 5) is 19.9. The van der Waals surface area contributed by atoms with Gasteiger partial charge in [0.1, 0.15) is 6.61 Å². The number of hydrogen-bond acceptors (Lipinski definition) is 5. The summed E-state index contributed by atoms with van der Waals surface area (Å²) in [5.74, 6) is 1.42. The number of ether oxygens (including phenoxy) is 2. The molecular weight excluding hydrogens is 330 g/mol. The van der Waals surface area contributed by atoms with E-state index in [-0.39, 0.29) is 12.0 Å². The van der Waals surface area contributed by atoms with Crippen molar-refractivity contribution in [2.45, 2.75) is 19.6 Å². The van der Waals surface area contributed by atoms with E-state index in [0.29, 0.717) is 18.2 Å². The van der Waals surface area contributed by atoms with Gasteiger partial charge in [-0.05, 0) is 23.3 Å². The number of piperazine rings is 1. The van der Waals surface area contributed by atoms with Crippen LogP contribution in [0.25, 0.3) is 0 Å². The Bertz CT molecular complexity index is 770. The van der Waals surface area contributed by atoms with Gasteiger partial charge in [0.05, 0.1) is 0 Å². The fraction of sp³-hybridized carbons (Fsp3) is 0.400. The minimum absolute atomic E-state index is 0.134. The van der Waals surface area contributed by atoms with Crippen molar-refractivity contribution in [3.8, 4) is 11.6 Å². The van der Waals surface area contributed by atoms with Crippen molar-refractivity contribution in [1.82, 2.24) is 14.8 Å². The van der Waals surface area contributed by atoms with Gasteiger partial charge in [0.15, 0.2) is 11.9 Å². The number of rotatable bonds is 3. The molecule has 6 nitrogen and oxygen atoms in total. The molecule has 0 N–H and O–H groups in total. The number of carbonyl (C=O) groups is 1. The van der Waals surface area contributed by atoms with Gasteiger partial charge in [-0.15, -0.1) is 0 Å². The van der Waals surface area contributed by atoms with E-state index in [1.807, 2.05) is 17.0 Å². The fourth-order valence-corrected chi connectivity index (χ4v) is 3.39. The summed E-state index contributed by atoms with van der Waals surface area (Å²) in [5, 5.41) is 0. The summed E-state index contributed by atoms with van der Waals surface area (Å²) in [7, 11) is 0. The van der Waals surface area contributed by atoms with Crippen LogP contribution in [0.5, 0.6) is 11.6 Å². The van der Waals surface area contributed by atoms with Gasteiger partial charge in [0, 0.05) is 45.8 Å². The maximum Gasteiger partial charge on any atom is 0.257 e. The zero-order valence-electron chi connectivity index (χ0n) is 14.9. The Morgan fingerprint density at radius 1 is 1.15 bits per heavy atom. The summed E-state index contributed by atoms with van der Waals surface area (Å²) >= 11 is 0. The van der Waals surface area contributed by atoms with Crippen LogP contribution in [-0.4, -0.2) is 53.5 Å². The molecule has 3 heterocycles. The van der Waals surface area contributed by atoms with Gasteiger partial charge in [0.2, 0.25) is 5.91 Å². The van der Waals surface area contributed by atoms with Gasteiger partial charge in [-0.1, -0.05) is 24.3 Å². The molecule has 6 heteroatoms. The highest BCUT2D eigenvalue weighted by atomic mass is 16.6. The molecule has 0 radical (unpaired) electrons. The fourth-order valence-electron chi connectivity index (χ4n) is 3.39. The molecule has 26 heavy (non-hydrogen) atoms. The summed E-state index contributed by atoms with van der Waals surface area (Å²) in [6.45, 7) is 6.50. The maximum absolute atomic E-state index is 11.4. The Hall–Kier alpha value is -2.60. The molecule has 1 atom stereocenters. The first-order valence-electron chi connectivity index (χ1n) is 9.00. The van der Waals surface area contributed by atoms with Crippen LogP contribution in [0.2, 0.25) is 0 Å². The topological polar surface area (TPSA) is 54.9 Å². The molecule has 2 aliphatic heterocycles. The molecule has 0 aliphatic carbocycles. The first-order valence-corrected chi connectivity index (χ1v) is 9.00. The summed E-state index contributed by atoms with van der Waals surface area (Å²) in [6, 6.07) is 12.2. The number of nitrogens with zero attached hydrogens (tertiary/aromatic N) is 3. The Balaban J connectivity index is 1.35. The maximum atomic E-state index is 11.4. The highest BCUT2D eigenvalue weighted by molar-refractivity contribution is 5.73. The van der Waals surface area contributed by atoms with E-state index < -0.39 is 0 Å². The van der Waals surface area contributed by atoms with Crippen LogP contribution in [-0.2, 0) is 11.3 Å². The molecule has 1 fully saturated rings. The van der Waals surface area contributed by atoms with Crippen LogP contribution < -0.4 is 9.47 Å². The smallest absolute Gasteiger partial charge is 0.257 e. The van der Waals surface area contributed by atoms with Crippen LogP contribution in [0.3, 0.4) is 0 Å². The number of fused-ring (bicyclic) bond motifs is 1. The van der Waals surface area contributed by atoms with E-state index in [9.17, 15) is 4.79 Å². The van der Waals surface area contributed by atoms with Crippen molar-refractivity contribution in [3.63, 3.8) is 0 Å². The quantitative estimate of drug-likeness (QED) is 0.847. The molecular formula is C20H23N3O3. The number of aromatic nitrogens is 1. The van der Waals surface area contributed by atoms with Gasteiger partial charge in [-0.3, -0.25) is 9.69 Å². The van der Waals surface area contributed by atoms with Crippen molar-refractivity contribution < 1.29 is 14.3 Å². The normalized spacial score (nSPS) is 20.0. The van der Waals surface area contributed by atoms with Crippen LogP contribution in [0.1, 0.15) is 24.2 Å². The average Bonchev–Trinajstić information content (AvgIpc) is 2.68. The summed E-state index contributed by atoms with van der Waals surface area (Å²) in [5.41, 5.74) is 2.35. The lowest BCUT2D eigenvalue weighted by atomic mass is 10.1. The molecule has 4 rings (SSSR count). The Kier molecular flexibility index (Phi) is 4.75. The van der Waals surface area contributed by atoms with Crippen LogP contribution in [0.4, 0.5) is 0 Å². The van der Waals surface area contributed by atoms with Gasteiger partial charge in [0.25, 0.3) is 5.88 Å². The highest BCUT2D eigenvalue weighted by Crippen LogP contribution is 2.33. The first-order chi connectivity index (χ1) is 12.7. The summed E-state index contributed by atoms with van der Waals surface area (Å²) < 4.78 is 11.7. The second-order valence-electron chi connectivity index (χ2n) is 6.75. The van der Waals surface area contributed by atoms with Crippen molar-refractivity contribution in [1.29, 1.82) is 0 Å². The number of hydrogen-bond donors (Lipinski definition) is 0. The third kappa shape index (κ3) is 3.65. The predicted molar refractivity (Wildman–Crippen MR) is 97.1 cm³/mol. The molecule has 136 valence electrons. The van der Waals surface area contributed by atoms with Crippen molar-refractivity contribution in [2.24, 2.45) is 0 Å². The van der Waals surface area contributed by atoms with Crippen molar-refractivity contribution >= 4 is 5.91 Å². The van der Waals surface area contributed by atoms with E-state index in [0.717, 1.165) is 38.3 Å². The minimum atomic E-state index is -0.134. The molecule has 2 aromatic rings. The molecule has 2 aliphatic rings. The van der Waals surface area contributed by atoms with Crippen LogP contribution in [0.15, 0.2) is 42.6 Å². The monoisotopic (exact) mass is 353 g/mol. The Morgan fingerprint density at radius 3 is 2.65 bits per heavy atom. The predicted octanol–water partition coefficient (Wildman–Crippen LogP) is 2.26. The van der Waals surface area contributed by atoms with E-state index in [1.54, 1.807) is 13.1 Å². The second kappa shape index (κ2) is 7.33. The molecule has 0 bridgehead atoms. The Labute approximate surface area is 153 Å². The highest BCUT2D eigenvalue weighted by Gasteiger charge is 2.23. The van der Waals surface area contributed by atoms with E-state index in [2.05, 4.69) is 34.1 Å². The Morgan fingerprint density at radius 2 is 1.92 bits per heavy atom. The van der Waals surface area contributed by atoms with Gasteiger partial charge < -0.3 is 14.4 Å². The minimum Gasteiger partial charge on any atom is -0.484 e.